The Labute approximate surface area is 203 Å². The third-order valence-corrected chi connectivity index (χ3v) is 6.09. The summed E-state index contributed by atoms with van der Waals surface area (Å²) in [7, 11) is 0. The molecule has 1 aromatic carbocycles. The minimum Gasteiger partial charge on any atom is -0.491 e. The summed E-state index contributed by atoms with van der Waals surface area (Å²) in [5.41, 5.74) is -1.78. The van der Waals surface area contributed by atoms with Crippen molar-refractivity contribution in [2.75, 3.05) is 6.61 Å². The molecule has 1 heterocycles. The Balaban J connectivity index is 2.02. The van der Waals surface area contributed by atoms with Crippen molar-refractivity contribution in [2.24, 2.45) is 0 Å². The van der Waals surface area contributed by atoms with Crippen molar-refractivity contribution < 1.29 is 32.5 Å². The van der Waals surface area contributed by atoms with Crippen LogP contribution < -0.4 is 4.74 Å². The average molecular weight is 495 g/mol. The zero-order chi connectivity index (χ0) is 25.9. The normalized spacial score (nSPS) is 15.7. The predicted molar refractivity (Wildman–Crippen MR) is 125 cm³/mol. The van der Waals surface area contributed by atoms with Crippen molar-refractivity contribution in [3.63, 3.8) is 0 Å². The molecule has 0 aliphatic heterocycles. The Morgan fingerprint density at radius 2 is 1.83 bits per heavy atom. The van der Waals surface area contributed by atoms with Crippen LogP contribution in [0.3, 0.4) is 0 Å². The third-order valence-electron chi connectivity index (χ3n) is 6.09. The molecule has 0 amide bonds. The van der Waals surface area contributed by atoms with Crippen LogP contribution >= 0.6 is 0 Å². The summed E-state index contributed by atoms with van der Waals surface area (Å²) in [6, 6.07) is 5.34. The lowest BCUT2D eigenvalue weighted by molar-refractivity contribution is -0.137. The first kappa shape index (κ1) is 26.8. The fourth-order valence-electron chi connectivity index (χ4n) is 4.43. The number of benzene rings is 1. The van der Waals surface area contributed by atoms with E-state index in [4.69, 9.17) is 9.47 Å². The molecule has 9 heteroatoms. The first-order valence-corrected chi connectivity index (χ1v) is 12.0. The fraction of sp³-hybridized carbons (Fsp3) is 0.577. The Hall–Kier alpha value is -2.84. The number of hydrogen-bond donors (Lipinski definition) is 1. The number of halogens is 3. The number of aromatic hydroxyl groups is 1. The molecule has 0 saturated heterocycles. The van der Waals surface area contributed by atoms with Gasteiger partial charge in [0.15, 0.2) is 5.69 Å². The van der Waals surface area contributed by atoms with Gasteiger partial charge in [0, 0.05) is 11.8 Å². The van der Waals surface area contributed by atoms with Crippen LogP contribution in [0, 0.1) is 0 Å². The van der Waals surface area contributed by atoms with E-state index >= 15 is 0 Å². The molecule has 3 rings (SSSR count). The van der Waals surface area contributed by atoms with Crippen LogP contribution in [0.5, 0.6) is 11.6 Å². The van der Waals surface area contributed by atoms with Crippen molar-refractivity contribution in [3.8, 4) is 11.6 Å². The first-order chi connectivity index (χ1) is 16.3. The summed E-state index contributed by atoms with van der Waals surface area (Å²) in [5, 5.41) is 10.7. The van der Waals surface area contributed by atoms with E-state index < -0.39 is 34.6 Å². The molecule has 1 aromatic heterocycles. The number of hydrogen-bond acceptors (Lipinski definition) is 6. The minimum atomic E-state index is -4.45. The highest BCUT2D eigenvalue weighted by atomic mass is 19.4. The van der Waals surface area contributed by atoms with Crippen LogP contribution in [0.2, 0.25) is 0 Å². The molecule has 1 fully saturated rings. The molecular weight excluding hydrogens is 461 g/mol. The van der Waals surface area contributed by atoms with Crippen LogP contribution in [0.15, 0.2) is 24.3 Å². The second kappa shape index (κ2) is 10.4. The van der Waals surface area contributed by atoms with Crippen LogP contribution in [0.25, 0.3) is 0 Å². The highest BCUT2D eigenvalue weighted by Gasteiger charge is 2.39. The topological polar surface area (TPSA) is 81.5 Å². The molecule has 1 N–H and O–H groups in total. The molecule has 6 nitrogen and oxygen atoms in total. The van der Waals surface area contributed by atoms with Gasteiger partial charge in [0.1, 0.15) is 11.4 Å². The number of carbonyl (C=O) groups excluding carboxylic acids is 1. The number of carbonyl (C=O) groups is 1. The summed E-state index contributed by atoms with van der Waals surface area (Å²) in [4.78, 5) is 21.5. The van der Waals surface area contributed by atoms with Gasteiger partial charge in [0.05, 0.1) is 12.2 Å². The lowest BCUT2D eigenvalue weighted by Crippen LogP contribution is -2.28. The predicted octanol–water partition coefficient (Wildman–Crippen LogP) is 6.39. The summed E-state index contributed by atoms with van der Waals surface area (Å²) in [5.74, 6) is -1.23. The molecule has 0 atom stereocenters. The lowest BCUT2D eigenvalue weighted by Gasteiger charge is -2.30. The number of ether oxygens (including phenoxy) is 2. The largest absolute Gasteiger partial charge is 0.491 e. The summed E-state index contributed by atoms with van der Waals surface area (Å²) < 4.78 is 51.3. The maximum Gasteiger partial charge on any atom is 0.416 e. The molecular formula is C26H33F3N2O4. The highest BCUT2D eigenvalue weighted by Crippen LogP contribution is 2.45. The van der Waals surface area contributed by atoms with E-state index in [0.29, 0.717) is 24.8 Å². The van der Waals surface area contributed by atoms with Gasteiger partial charge >= 0.3 is 12.1 Å². The molecule has 0 unspecified atom stereocenters. The van der Waals surface area contributed by atoms with Crippen molar-refractivity contribution in [3.05, 3.63) is 46.9 Å². The van der Waals surface area contributed by atoms with E-state index in [9.17, 15) is 23.1 Å². The second-order valence-electron chi connectivity index (χ2n) is 10.1. The zero-order valence-electron chi connectivity index (χ0n) is 20.7. The first-order valence-electron chi connectivity index (χ1n) is 12.0. The van der Waals surface area contributed by atoms with Gasteiger partial charge in [-0.25, -0.2) is 9.78 Å². The highest BCUT2D eigenvalue weighted by molar-refractivity contribution is 5.91. The van der Waals surface area contributed by atoms with E-state index in [-0.39, 0.29) is 30.3 Å². The maximum atomic E-state index is 13.4. The Kier molecular flexibility index (Phi) is 7.97. The minimum absolute atomic E-state index is 0.143. The standard InChI is InChI=1S/C26H33F3N2O4/c1-5-6-14-34-21-20(23(33)35-24(2,3)4)30-19(31-22(21)32)16-25(12-7-8-13-25)17-10-9-11-18(15-17)26(27,28)29/h9-11,15H,5-8,12-14,16H2,1-4H3,(H,30,31,32). The monoisotopic (exact) mass is 494 g/mol. The van der Waals surface area contributed by atoms with Gasteiger partial charge in [-0.2, -0.15) is 18.2 Å². The lowest BCUT2D eigenvalue weighted by atomic mass is 9.75. The number of unbranched alkanes of at least 4 members (excludes halogenated alkanes) is 1. The fourth-order valence-corrected chi connectivity index (χ4v) is 4.43. The molecule has 35 heavy (non-hydrogen) atoms. The summed E-state index contributed by atoms with van der Waals surface area (Å²) >= 11 is 0. The zero-order valence-corrected chi connectivity index (χ0v) is 20.7. The van der Waals surface area contributed by atoms with E-state index in [2.05, 4.69) is 9.97 Å². The van der Waals surface area contributed by atoms with Crippen molar-refractivity contribution in [1.29, 1.82) is 0 Å². The molecule has 1 aliphatic rings. The van der Waals surface area contributed by atoms with E-state index in [1.54, 1.807) is 26.8 Å². The molecule has 2 aromatic rings. The van der Waals surface area contributed by atoms with E-state index in [0.717, 1.165) is 25.3 Å². The van der Waals surface area contributed by atoms with Crippen molar-refractivity contribution in [1.82, 2.24) is 9.97 Å². The molecule has 192 valence electrons. The number of aromatic nitrogens is 2. The van der Waals surface area contributed by atoms with Gasteiger partial charge in [-0.1, -0.05) is 44.4 Å². The van der Waals surface area contributed by atoms with Gasteiger partial charge in [0.25, 0.3) is 5.88 Å². The van der Waals surface area contributed by atoms with Gasteiger partial charge in [-0.15, -0.1) is 0 Å². The maximum absolute atomic E-state index is 13.4. The second-order valence-corrected chi connectivity index (χ2v) is 10.1. The smallest absolute Gasteiger partial charge is 0.416 e. The summed E-state index contributed by atoms with van der Waals surface area (Å²) in [6.07, 6.45) is 0.260. The number of alkyl halides is 3. The van der Waals surface area contributed by atoms with Gasteiger partial charge in [-0.05, 0) is 51.7 Å². The quantitative estimate of drug-likeness (QED) is 0.338. The summed E-state index contributed by atoms with van der Waals surface area (Å²) in [6.45, 7) is 7.38. The number of nitrogens with zero attached hydrogens (tertiary/aromatic N) is 2. The van der Waals surface area contributed by atoms with Gasteiger partial charge < -0.3 is 14.6 Å². The Morgan fingerprint density at radius 1 is 1.14 bits per heavy atom. The van der Waals surface area contributed by atoms with Crippen molar-refractivity contribution >= 4 is 5.97 Å². The third kappa shape index (κ3) is 6.64. The number of rotatable bonds is 8. The van der Waals surface area contributed by atoms with Crippen LogP contribution in [-0.4, -0.2) is 33.3 Å². The average Bonchev–Trinajstić information content (AvgIpc) is 3.23. The van der Waals surface area contributed by atoms with Gasteiger partial charge in [-0.3, -0.25) is 0 Å². The Morgan fingerprint density at radius 3 is 2.43 bits per heavy atom. The van der Waals surface area contributed by atoms with E-state index in [1.165, 1.54) is 12.1 Å². The molecule has 0 radical (unpaired) electrons. The molecule has 1 aliphatic carbocycles. The van der Waals surface area contributed by atoms with Crippen molar-refractivity contribution in [2.45, 2.75) is 89.8 Å². The Bertz CT molecular complexity index is 1040. The van der Waals surface area contributed by atoms with Crippen LogP contribution in [0.1, 0.15) is 93.7 Å². The molecule has 0 bridgehead atoms. The van der Waals surface area contributed by atoms with Crippen LogP contribution in [-0.2, 0) is 22.7 Å². The number of esters is 1. The SMILES string of the molecule is CCCCOc1c(O)nc(CC2(c3cccc(C(F)(F)F)c3)CCCC2)nc1C(=O)OC(C)(C)C. The van der Waals surface area contributed by atoms with Crippen LogP contribution in [0.4, 0.5) is 13.2 Å². The van der Waals surface area contributed by atoms with Gasteiger partial charge in [0.2, 0.25) is 5.75 Å². The van der Waals surface area contributed by atoms with E-state index in [1.807, 2.05) is 6.92 Å². The molecule has 0 spiro atoms. The molecule has 1 saturated carbocycles.